The van der Waals surface area contributed by atoms with Crippen LogP contribution < -0.4 is 5.32 Å². The van der Waals surface area contributed by atoms with E-state index >= 15 is 0 Å². The molecule has 0 saturated heterocycles. The van der Waals surface area contributed by atoms with Crippen LogP contribution in [-0.2, 0) is 4.74 Å². The third-order valence-electron chi connectivity index (χ3n) is 2.01. The molecule has 0 radical (unpaired) electrons. The third kappa shape index (κ3) is 9.84. The molecule has 0 heterocycles. The van der Waals surface area contributed by atoms with Crippen molar-refractivity contribution in [3.05, 3.63) is 0 Å². The summed E-state index contributed by atoms with van der Waals surface area (Å²) < 4.78 is 5.63. The molecule has 0 aromatic heterocycles. The summed E-state index contributed by atoms with van der Waals surface area (Å²) in [6.07, 6.45) is 2.81. The van der Waals surface area contributed by atoms with Crippen LogP contribution in [0.3, 0.4) is 0 Å². The van der Waals surface area contributed by atoms with Gasteiger partial charge in [0, 0.05) is 13.2 Å². The van der Waals surface area contributed by atoms with Gasteiger partial charge in [0.25, 0.3) is 0 Å². The molecule has 1 atom stereocenters. The second-order valence-electron chi connectivity index (χ2n) is 4.03. The van der Waals surface area contributed by atoms with Gasteiger partial charge in [0.15, 0.2) is 0 Å². The fraction of sp³-hybridized carbons (Fsp3) is 1.00. The summed E-state index contributed by atoms with van der Waals surface area (Å²) in [6, 6.07) is 0. The predicted molar refractivity (Wildman–Crippen MR) is 58.0 cm³/mol. The lowest BCUT2D eigenvalue weighted by Gasteiger charge is -2.13. The minimum absolute atomic E-state index is 0.354. The van der Waals surface area contributed by atoms with E-state index in [-0.39, 0.29) is 0 Å². The van der Waals surface area contributed by atoms with Gasteiger partial charge >= 0.3 is 0 Å². The van der Waals surface area contributed by atoms with Crippen LogP contribution in [0.15, 0.2) is 0 Å². The Hall–Kier alpha value is -0.0800. The molecule has 80 valence electrons. The quantitative estimate of drug-likeness (QED) is 0.589. The van der Waals surface area contributed by atoms with E-state index in [0.717, 1.165) is 25.6 Å². The second kappa shape index (κ2) is 8.52. The Kier molecular flexibility index (Phi) is 8.46. The van der Waals surface area contributed by atoms with Crippen molar-refractivity contribution in [2.24, 2.45) is 5.92 Å². The van der Waals surface area contributed by atoms with Gasteiger partial charge in [0.2, 0.25) is 0 Å². The average Bonchev–Trinajstić information content (AvgIpc) is 2.08. The van der Waals surface area contributed by atoms with Gasteiger partial charge in [0.05, 0.1) is 6.10 Å². The third-order valence-corrected chi connectivity index (χ3v) is 2.01. The highest BCUT2D eigenvalue weighted by Gasteiger charge is 2.00. The zero-order valence-electron chi connectivity index (χ0n) is 9.60. The van der Waals surface area contributed by atoms with Crippen molar-refractivity contribution in [2.45, 2.75) is 46.6 Å². The monoisotopic (exact) mass is 187 g/mol. The first kappa shape index (κ1) is 12.9. The molecule has 0 rings (SSSR count). The van der Waals surface area contributed by atoms with Crippen LogP contribution in [0, 0.1) is 5.92 Å². The molecule has 1 N–H and O–H groups in total. The molecule has 0 aliphatic heterocycles. The van der Waals surface area contributed by atoms with Crippen molar-refractivity contribution in [3.63, 3.8) is 0 Å². The van der Waals surface area contributed by atoms with Crippen molar-refractivity contribution >= 4 is 0 Å². The molecular weight excluding hydrogens is 162 g/mol. The van der Waals surface area contributed by atoms with E-state index in [4.69, 9.17) is 4.74 Å². The number of rotatable bonds is 8. The molecule has 2 nitrogen and oxygen atoms in total. The largest absolute Gasteiger partial charge is 0.377 e. The van der Waals surface area contributed by atoms with Crippen LogP contribution in [0.2, 0.25) is 0 Å². The van der Waals surface area contributed by atoms with E-state index in [1.54, 1.807) is 0 Å². The number of ether oxygens (including phenoxy) is 1. The maximum atomic E-state index is 5.63. The maximum absolute atomic E-state index is 5.63. The van der Waals surface area contributed by atoms with Crippen molar-refractivity contribution in [3.8, 4) is 0 Å². The average molecular weight is 187 g/mol. The fourth-order valence-corrected chi connectivity index (χ4v) is 1.18. The van der Waals surface area contributed by atoms with Crippen LogP contribution in [0.1, 0.15) is 40.5 Å². The summed E-state index contributed by atoms with van der Waals surface area (Å²) in [7, 11) is 0. The van der Waals surface area contributed by atoms with Gasteiger partial charge in [-0.2, -0.15) is 0 Å². The van der Waals surface area contributed by atoms with Crippen LogP contribution in [0.5, 0.6) is 0 Å². The lowest BCUT2D eigenvalue weighted by molar-refractivity contribution is 0.0622. The SMILES string of the molecule is CCNCC(C)OCCCC(C)C. The highest BCUT2D eigenvalue weighted by atomic mass is 16.5. The van der Waals surface area contributed by atoms with Crippen LogP contribution in [0.4, 0.5) is 0 Å². The Bertz CT molecular complexity index is 104. The van der Waals surface area contributed by atoms with E-state index in [1.807, 2.05) is 0 Å². The number of hydrogen-bond donors (Lipinski definition) is 1. The molecule has 0 fully saturated rings. The Labute approximate surface area is 83.1 Å². The molecule has 0 saturated carbocycles. The Balaban J connectivity index is 3.12. The molecule has 0 spiro atoms. The number of nitrogens with one attached hydrogen (secondary N) is 1. The van der Waals surface area contributed by atoms with Crippen LogP contribution in [-0.4, -0.2) is 25.8 Å². The molecular formula is C11H25NO. The van der Waals surface area contributed by atoms with Crippen molar-refractivity contribution in [2.75, 3.05) is 19.7 Å². The fourth-order valence-electron chi connectivity index (χ4n) is 1.18. The molecule has 0 bridgehead atoms. The molecule has 0 amide bonds. The first-order chi connectivity index (χ1) is 6.16. The lowest BCUT2D eigenvalue weighted by Crippen LogP contribution is -2.26. The minimum atomic E-state index is 0.354. The van der Waals surface area contributed by atoms with Gasteiger partial charge in [-0.15, -0.1) is 0 Å². The molecule has 2 heteroatoms. The molecule has 13 heavy (non-hydrogen) atoms. The molecule has 0 aromatic rings. The first-order valence-corrected chi connectivity index (χ1v) is 5.49. The van der Waals surface area contributed by atoms with Gasteiger partial charge in [-0.1, -0.05) is 20.8 Å². The maximum Gasteiger partial charge on any atom is 0.0671 e. The van der Waals surface area contributed by atoms with E-state index in [1.165, 1.54) is 12.8 Å². The number of hydrogen-bond acceptors (Lipinski definition) is 2. The summed E-state index contributed by atoms with van der Waals surface area (Å²) >= 11 is 0. The summed E-state index contributed by atoms with van der Waals surface area (Å²) in [5, 5.41) is 3.27. The predicted octanol–water partition coefficient (Wildman–Crippen LogP) is 2.44. The normalized spacial score (nSPS) is 13.6. The lowest BCUT2D eigenvalue weighted by atomic mass is 10.1. The van der Waals surface area contributed by atoms with Crippen molar-refractivity contribution in [1.82, 2.24) is 5.32 Å². The molecule has 0 aromatic carbocycles. The first-order valence-electron chi connectivity index (χ1n) is 5.49. The van der Waals surface area contributed by atoms with Crippen molar-refractivity contribution in [1.29, 1.82) is 0 Å². The summed E-state index contributed by atoms with van der Waals surface area (Å²) in [5.41, 5.74) is 0. The zero-order chi connectivity index (χ0) is 10.1. The standard InChI is InChI=1S/C11H25NO/c1-5-12-9-11(4)13-8-6-7-10(2)3/h10-12H,5-9H2,1-4H3. The number of likely N-dealkylation sites (N-methyl/N-ethyl adjacent to an activating group) is 1. The van der Waals surface area contributed by atoms with Gasteiger partial charge in [0.1, 0.15) is 0 Å². The van der Waals surface area contributed by atoms with Gasteiger partial charge in [-0.25, -0.2) is 0 Å². The summed E-state index contributed by atoms with van der Waals surface area (Å²) in [4.78, 5) is 0. The highest BCUT2D eigenvalue weighted by Crippen LogP contribution is 2.03. The summed E-state index contributed by atoms with van der Waals surface area (Å²) in [5.74, 6) is 0.799. The minimum Gasteiger partial charge on any atom is -0.377 e. The second-order valence-corrected chi connectivity index (χ2v) is 4.03. The van der Waals surface area contributed by atoms with E-state index < -0.39 is 0 Å². The Morgan fingerprint density at radius 1 is 1.23 bits per heavy atom. The van der Waals surface area contributed by atoms with Crippen LogP contribution in [0.25, 0.3) is 0 Å². The van der Waals surface area contributed by atoms with Crippen molar-refractivity contribution < 1.29 is 4.74 Å². The Morgan fingerprint density at radius 3 is 2.46 bits per heavy atom. The van der Waals surface area contributed by atoms with Gasteiger partial charge in [-0.05, 0) is 32.2 Å². The smallest absolute Gasteiger partial charge is 0.0671 e. The van der Waals surface area contributed by atoms with E-state index in [0.29, 0.717) is 6.10 Å². The van der Waals surface area contributed by atoms with Crippen LogP contribution >= 0.6 is 0 Å². The Morgan fingerprint density at radius 2 is 1.92 bits per heavy atom. The highest BCUT2D eigenvalue weighted by molar-refractivity contribution is 4.54. The molecule has 0 aliphatic carbocycles. The molecule has 1 unspecified atom stereocenters. The van der Waals surface area contributed by atoms with E-state index in [2.05, 4.69) is 33.0 Å². The summed E-state index contributed by atoms with van der Waals surface area (Å²) in [6.45, 7) is 11.6. The van der Waals surface area contributed by atoms with Gasteiger partial charge < -0.3 is 10.1 Å². The van der Waals surface area contributed by atoms with E-state index in [9.17, 15) is 0 Å². The zero-order valence-corrected chi connectivity index (χ0v) is 9.60. The topological polar surface area (TPSA) is 21.3 Å². The van der Waals surface area contributed by atoms with Gasteiger partial charge in [-0.3, -0.25) is 0 Å². The molecule has 0 aliphatic rings.